The van der Waals surface area contributed by atoms with Gasteiger partial charge in [-0.2, -0.15) is 18.2 Å². The second-order valence-corrected chi connectivity index (χ2v) is 7.56. The highest BCUT2D eigenvalue weighted by atomic mass is 19.4. The van der Waals surface area contributed by atoms with E-state index in [1.54, 1.807) is 0 Å². The smallest absolute Gasteiger partial charge is 0.340 e. The van der Waals surface area contributed by atoms with E-state index in [4.69, 9.17) is 4.52 Å². The van der Waals surface area contributed by atoms with E-state index in [1.165, 1.54) is 12.1 Å². The quantitative estimate of drug-likeness (QED) is 0.589. The molecule has 0 radical (unpaired) electrons. The molecule has 2 aromatic rings. The molecule has 6 nitrogen and oxygen atoms in total. The van der Waals surface area contributed by atoms with Crippen molar-refractivity contribution in [2.45, 2.75) is 51.7 Å². The fourth-order valence-electron chi connectivity index (χ4n) is 3.48. The van der Waals surface area contributed by atoms with Gasteiger partial charge in [0, 0.05) is 38.2 Å². The zero-order chi connectivity index (χ0) is 21.6. The number of carbonyl (C=O) groups excluding carboxylic acids is 1. The molecule has 1 aromatic carbocycles. The summed E-state index contributed by atoms with van der Waals surface area (Å²) in [5, 5.41) is 3.90. The molecular weight excluding hydrogens is 397 g/mol. The number of alkyl halides is 3. The number of nitrogens with zero attached hydrogens (tertiary/aromatic N) is 4. The van der Waals surface area contributed by atoms with E-state index in [1.807, 2.05) is 4.90 Å². The van der Waals surface area contributed by atoms with Crippen LogP contribution in [0.2, 0.25) is 0 Å². The van der Waals surface area contributed by atoms with Crippen molar-refractivity contribution >= 4 is 5.91 Å². The van der Waals surface area contributed by atoms with Gasteiger partial charge in [0.15, 0.2) is 5.82 Å². The molecule has 1 fully saturated rings. The third-order valence-corrected chi connectivity index (χ3v) is 5.24. The van der Waals surface area contributed by atoms with Crippen LogP contribution in [0.5, 0.6) is 0 Å². The minimum absolute atomic E-state index is 0.0667. The molecule has 164 valence electrons. The molecule has 30 heavy (non-hydrogen) atoms. The lowest BCUT2D eigenvalue weighted by atomic mass is 10.1. The summed E-state index contributed by atoms with van der Waals surface area (Å²) in [6.07, 6.45) is 0.520. The predicted octanol–water partition coefficient (Wildman–Crippen LogP) is 4.37. The largest absolute Gasteiger partial charge is 0.416 e. The van der Waals surface area contributed by atoms with Crippen LogP contribution in [0.15, 0.2) is 28.8 Å². The van der Waals surface area contributed by atoms with E-state index >= 15 is 0 Å². The summed E-state index contributed by atoms with van der Waals surface area (Å²) in [6.45, 7) is 5.30. The van der Waals surface area contributed by atoms with E-state index in [0.717, 1.165) is 37.8 Å². The van der Waals surface area contributed by atoms with Gasteiger partial charge in [-0.1, -0.05) is 37.4 Å². The summed E-state index contributed by atoms with van der Waals surface area (Å²) in [4.78, 5) is 20.5. The lowest BCUT2D eigenvalue weighted by Gasteiger charge is -2.34. The monoisotopic (exact) mass is 424 g/mol. The Morgan fingerprint density at radius 1 is 1.13 bits per heavy atom. The van der Waals surface area contributed by atoms with Gasteiger partial charge in [-0.15, -0.1) is 0 Å². The Labute approximate surface area is 174 Å². The average molecular weight is 424 g/mol. The lowest BCUT2D eigenvalue weighted by molar-refractivity contribution is -0.137. The van der Waals surface area contributed by atoms with E-state index in [-0.39, 0.29) is 17.4 Å². The molecule has 0 aliphatic carbocycles. The number of hydrogen-bond acceptors (Lipinski definition) is 5. The molecule has 9 heteroatoms. The average Bonchev–Trinajstić information content (AvgIpc) is 3.19. The molecule has 0 N–H and O–H groups in total. The van der Waals surface area contributed by atoms with Gasteiger partial charge in [-0.3, -0.25) is 9.69 Å². The number of carbonyl (C=O) groups is 1. The van der Waals surface area contributed by atoms with Gasteiger partial charge in [0.2, 0.25) is 5.91 Å². The van der Waals surface area contributed by atoms with Crippen molar-refractivity contribution in [2.24, 2.45) is 0 Å². The van der Waals surface area contributed by atoms with Gasteiger partial charge in [-0.25, -0.2) is 0 Å². The second kappa shape index (κ2) is 10.1. The SMILES string of the molecule is CCCCCCC(=O)N1CCN(Cc2noc(-c3cccc(C(F)(F)F)c3)n2)CC1. The van der Waals surface area contributed by atoms with E-state index in [9.17, 15) is 18.0 Å². The first-order valence-electron chi connectivity index (χ1n) is 10.4. The van der Waals surface area contributed by atoms with E-state index < -0.39 is 11.7 Å². The Balaban J connectivity index is 1.50. The minimum atomic E-state index is -4.42. The third-order valence-electron chi connectivity index (χ3n) is 5.24. The van der Waals surface area contributed by atoms with Crippen molar-refractivity contribution in [1.82, 2.24) is 19.9 Å². The highest BCUT2D eigenvalue weighted by Gasteiger charge is 2.31. The number of halogens is 3. The summed E-state index contributed by atoms with van der Waals surface area (Å²) in [5.74, 6) is 0.691. The maximum Gasteiger partial charge on any atom is 0.416 e. The summed E-state index contributed by atoms with van der Waals surface area (Å²) in [5.41, 5.74) is -0.516. The van der Waals surface area contributed by atoms with Gasteiger partial charge >= 0.3 is 6.18 Å². The Bertz CT molecular complexity index is 830. The summed E-state index contributed by atoms with van der Waals surface area (Å²) >= 11 is 0. The number of hydrogen-bond donors (Lipinski definition) is 0. The molecule has 1 saturated heterocycles. The third kappa shape index (κ3) is 6.04. The first kappa shape index (κ1) is 22.3. The topological polar surface area (TPSA) is 62.5 Å². The first-order valence-corrected chi connectivity index (χ1v) is 10.4. The minimum Gasteiger partial charge on any atom is -0.340 e. The summed E-state index contributed by atoms with van der Waals surface area (Å²) in [6, 6.07) is 4.84. The van der Waals surface area contributed by atoms with E-state index in [2.05, 4.69) is 22.0 Å². The molecule has 2 heterocycles. The molecule has 1 amide bonds. The number of piperazine rings is 1. The van der Waals surface area contributed by atoms with Crippen LogP contribution in [0.25, 0.3) is 11.5 Å². The van der Waals surface area contributed by atoms with Crippen LogP contribution in [-0.2, 0) is 17.5 Å². The van der Waals surface area contributed by atoms with Crippen LogP contribution in [0, 0.1) is 0 Å². The molecule has 3 rings (SSSR count). The molecule has 1 aliphatic heterocycles. The predicted molar refractivity (Wildman–Crippen MR) is 105 cm³/mol. The zero-order valence-corrected chi connectivity index (χ0v) is 17.1. The molecule has 0 saturated carbocycles. The summed E-state index contributed by atoms with van der Waals surface area (Å²) < 4.78 is 43.8. The van der Waals surface area contributed by atoms with Crippen LogP contribution in [-0.4, -0.2) is 52.0 Å². The van der Waals surface area contributed by atoms with E-state index in [0.29, 0.717) is 45.0 Å². The number of amides is 1. The Morgan fingerprint density at radius 3 is 2.60 bits per heavy atom. The Kier molecular flexibility index (Phi) is 7.47. The number of benzene rings is 1. The van der Waals surface area contributed by atoms with Gasteiger partial charge in [-0.05, 0) is 24.6 Å². The van der Waals surface area contributed by atoms with Gasteiger partial charge in [0.05, 0.1) is 12.1 Å². The standard InChI is InChI=1S/C21H27F3N4O2/c1-2-3-4-5-9-19(29)28-12-10-27(11-13-28)15-18-25-20(30-26-18)16-7-6-8-17(14-16)21(22,23)24/h6-8,14H,2-5,9-13,15H2,1H3. The van der Waals surface area contributed by atoms with Crippen molar-refractivity contribution in [3.05, 3.63) is 35.7 Å². The van der Waals surface area contributed by atoms with Crippen LogP contribution in [0.1, 0.15) is 50.4 Å². The van der Waals surface area contributed by atoms with Crippen molar-refractivity contribution < 1.29 is 22.5 Å². The van der Waals surface area contributed by atoms with Gasteiger partial charge in [0.25, 0.3) is 5.89 Å². The molecule has 0 spiro atoms. The fraction of sp³-hybridized carbons (Fsp3) is 0.571. The Hall–Kier alpha value is -2.42. The maximum atomic E-state index is 12.9. The fourth-order valence-corrected chi connectivity index (χ4v) is 3.48. The molecule has 0 bridgehead atoms. The molecule has 1 aromatic heterocycles. The van der Waals surface area contributed by atoms with Crippen LogP contribution in [0.4, 0.5) is 13.2 Å². The summed E-state index contributed by atoms with van der Waals surface area (Å²) in [7, 11) is 0. The van der Waals surface area contributed by atoms with Crippen molar-refractivity contribution in [3.63, 3.8) is 0 Å². The first-order chi connectivity index (χ1) is 14.4. The van der Waals surface area contributed by atoms with Crippen molar-refractivity contribution in [1.29, 1.82) is 0 Å². The molecule has 1 aliphatic rings. The molecular formula is C21H27F3N4O2. The molecule has 0 atom stereocenters. The Morgan fingerprint density at radius 2 is 1.90 bits per heavy atom. The van der Waals surface area contributed by atoms with Crippen molar-refractivity contribution in [3.8, 4) is 11.5 Å². The normalized spacial score (nSPS) is 15.5. The maximum absolute atomic E-state index is 12.9. The van der Waals surface area contributed by atoms with Crippen LogP contribution < -0.4 is 0 Å². The second-order valence-electron chi connectivity index (χ2n) is 7.56. The number of rotatable bonds is 8. The highest BCUT2D eigenvalue weighted by Crippen LogP contribution is 2.31. The number of unbranched alkanes of at least 4 members (excludes halogenated alkanes) is 3. The zero-order valence-electron chi connectivity index (χ0n) is 17.1. The van der Waals surface area contributed by atoms with Crippen molar-refractivity contribution in [2.75, 3.05) is 26.2 Å². The lowest BCUT2D eigenvalue weighted by Crippen LogP contribution is -2.48. The van der Waals surface area contributed by atoms with Gasteiger partial charge in [0.1, 0.15) is 0 Å². The van der Waals surface area contributed by atoms with Gasteiger partial charge < -0.3 is 9.42 Å². The molecule has 0 unspecified atom stereocenters. The van der Waals surface area contributed by atoms with Crippen LogP contribution in [0.3, 0.4) is 0 Å². The number of aromatic nitrogens is 2. The van der Waals surface area contributed by atoms with Crippen LogP contribution >= 0.6 is 0 Å². The highest BCUT2D eigenvalue weighted by molar-refractivity contribution is 5.76.